The molecule has 1 aromatic carbocycles. The Morgan fingerprint density at radius 1 is 0.960 bits per heavy atom. The van der Waals surface area contributed by atoms with E-state index >= 15 is 0 Å². The third-order valence-corrected chi connectivity index (χ3v) is 5.15. The highest BCUT2D eigenvalue weighted by Crippen LogP contribution is 2.32. The largest absolute Gasteiger partial charge is 0.355 e. The molecule has 3 rings (SSSR count). The summed E-state index contributed by atoms with van der Waals surface area (Å²) in [5.41, 5.74) is 3.54. The van der Waals surface area contributed by atoms with E-state index in [1.807, 2.05) is 6.07 Å². The van der Waals surface area contributed by atoms with E-state index in [0.29, 0.717) is 6.04 Å². The summed E-state index contributed by atoms with van der Waals surface area (Å²) < 4.78 is 0. The first-order chi connectivity index (χ1) is 11.7. The van der Waals surface area contributed by atoms with Crippen LogP contribution in [0.1, 0.15) is 46.1 Å². The Kier molecular flexibility index (Phi) is 4.58. The molecule has 0 atom stereocenters. The smallest absolute Gasteiger partial charge is 0.151 e. The van der Waals surface area contributed by atoms with Gasteiger partial charge >= 0.3 is 0 Å². The summed E-state index contributed by atoms with van der Waals surface area (Å²) in [5.74, 6) is 0.941. The predicted octanol–water partition coefficient (Wildman–Crippen LogP) is 4.20. The van der Waals surface area contributed by atoms with Gasteiger partial charge in [0.2, 0.25) is 0 Å². The number of anilines is 1. The van der Waals surface area contributed by atoms with Crippen LogP contribution < -0.4 is 10.2 Å². The minimum Gasteiger partial charge on any atom is -0.355 e. The van der Waals surface area contributed by atoms with Gasteiger partial charge in [-0.3, -0.25) is 0 Å². The molecular formula is C21H30N4. The molecule has 2 aromatic rings. The van der Waals surface area contributed by atoms with E-state index in [-0.39, 0.29) is 11.1 Å². The fourth-order valence-electron chi connectivity index (χ4n) is 4.25. The molecule has 25 heavy (non-hydrogen) atoms. The first-order valence-corrected chi connectivity index (χ1v) is 9.09. The van der Waals surface area contributed by atoms with E-state index in [0.717, 1.165) is 29.9 Å². The van der Waals surface area contributed by atoms with E-state index < -0.39 is 0 Å². The molecule has 0 spiro atoms. The summed E-state index contributed by atoms with van der Waals surface area (Å²) in [6, 6.07) is 12.9. The van der Waals surface area contributed by atoms with E-state index in [1.54, 1.807) is 0 Å². The number of aromatic nitrogens is 2. The third-order valence-electron chi connectivity index (χ3n) is 5.15. The number of nitrogens with zero attached hydrogens (tertiary/aromatic N) is 3. The van der Waals surface area contributed by atoms with Gasteiger partial charge in [-0.1, -0.05) is 24.3 Å². The molecule has 2 heterocycles. The second-order valence-electron chi connectivity index (χ2n) is 8.66. The monoisotopic (exact) mass is 338 g/mol. The highest BCUT2D eigenvalue weighted by molar-refractivity contribution is 5.63. The summed E-state index contributed by atoms with van der Waals surface area (Å²) in [4.78, 5) is 2.29. The minimum absolute atomic E-state index is 0.120. The highest BCUT2D eigenvalue weighted by Gasteiger charge is 2.39. The van der Waals surface area contributed by atoms with Crippen molar-refractivity contribution in [2.45, 2.75) is 64.6 Å². The minimum atomic E-state index is 0.120. The molecule has 0 bridgehead atoms. The van der Waals surface area contributed by atoms with Crippen molar-refractivity contribution in [2.24, 2.45) is 0 Å². The van der Waals surface area contributed by atoms with Crippen LogP contribution in [0.3, 0.4) is 0 Å². The zero-order valence-electron chi connectivity index (χ0n) is 16.3. The summed E-state index contributed by atoms with van der Waals surface area (Å²) in [6.07, 6.45) is 2.18. The highest BCUT2D eigenvalue weighted by atomic mass is 15.3. The van der Waals surface area contributed by atoms with Crippen LogP contribution in [0.15, 0.2) is 36.4 Å². The second kappa shape index (κ2) is 6.41. The molecule has 134 valence electrons. The van der Waals surface area contributed by atoms with Crippen LogP contribution in [0.25, 0.3) is 11.3 Å². The molecule has 1 aliphatic rings. The molecule has 1 fully saturated rings. The van der Waals surface area contributed by atoms with Crippen LogP contribution >= 0.6 is 0 Å². The van der Waals surface area contributed by atoms with Crippen molar-refractivity contribution < 1.29 is 0 Å². The number of aryl methyl sites for hydroxylation is 1. The average molecular weight is 338 g/mol. The van der Waals surface area contributed by atoms with Crippen LogP contribution in [0.4, 0.5) is 5.82 Å². The van der Waals surface area contributed by atoms with E-state index in [2.05, 4.69) is 92.4 Å². The van der Waals surface area contributed by atoms with Crippen LogP contribution in [0, 0.1) is 6.92 Å². The topological polar surface area (TPSA) is 41.0 Å². The molecule has 1 aromatic heterocycles. The number of nitrogens with one attached hydrogen (secondary N) is 1. The van der Waals surface area contributed by atoms with Gasteiger partial charge in [0.05, 0.1) is 5.69 Å². The Morgan fingerprint density at radius 2 is 1.60 bits per heavy atom. The maximum Gasteiger partial charge on any atom is 0.151 e. The van der Waals surface area contributed by atoms with Crippen LogP contribution in [0.5, 0.6) is 0 Å². The lowest BCUT2D eigenvalue weighted by Gasteiger charge is -2.49. The Labute approximate surface area is 151 Å². The van der Waals surface area contributed by atoms with E-state index in [9.17, 15) is 0 Å². The van der Waals surface area contributed by atoms with Gasteiger partial charge in [-0.15, -0.1) is 10.2 Å². The molecule has 0 radical (unpaired) electrons. The SMILES string of the molecule is Cc1ccccc1-c1ccc(N(C)C2CC(C)(C)NC(C)(C)C2)nn1. The van der Waals surface area contributed by atoms with Crippen LogP contribution in [-0.2, 0) is 0 Å². The lowest BCUT2D eigenvalue weighted by molar-refractivity contribution is 0.160. The van der Waals surface area contributed by atoms with E-state index in [4.69, 9.17) is 0 Å². The molecule has 0 amide bonds. The first kappa shape index (κ1) is 17.9. The van der Waals surface area contributed by atoms with Crippen LogP contribution in [0.2, 0.25) is 0 Å². The van der Waals surface area contributed by atoms with Crippen molar-refractivity contribution in [1.82, 2.24) is 15.5 Å². The third kappa shape index (κ3) is 4.01. The number of hydrogen-bond donors (Lipinski definition) is 1. The Balaban J connectivity index is 1.81. The molecular weight excluding hydrogens is 308 g/mol. The summed E-state index contributed by atoms with van der Waals surface area (Å²) >= 11 is 0. The Hall–Kier alpha value is -1.94. The van der Waals surface area contributed by atoms with Crippen molar-refractivity contribution in [1.29, 1.82) is 0 Å². The van der Waals surface area contributed by atoms with Gasteiger partial charge in [-0.25, -0.2) is 0 Å². The number of rotatable bonds is 3. The fraction of sp³-hybridized carbons (Fsp3) is 0.524. The first-order valence-electron chi connectivity index (χ1n) is 9.09. The zero-order chi connectivity index (χ0) is 18.2. The summed E-state index contributed by atoms with van der Waals surface area (Å²) in [5, 5.41) is 12.8. The van der Waals surface area contributed by atoms with Crippen molar-refractivity contribution in [3.8, 4) is 11.3 Å². The van der Waals surface area contributed by atoms with Gasteiger partial charge in [0.1, 0.15) is 0 Å². The van der Waals surface area contributed by atoms with Gasteiger partial charge in [0, 0.05) is 29.7 Å². The molecule has 1 saturated heterocycles. The van der Waals surface area contributed by atoms with Crippen molar-refractivity contribution >= 4 is 5.82 Å². The van der Waals surface area contributed by atoms with E-state index in [1.165, 1.54) is 5.56 Å². The lowest BCUT2D eigenvalue weighted by Crippen LogP contribution is -2.62. The zero-order valence-corrected chi connectivity index (χ0v) is 16.3. The normalized spacial score (nSPS) is 19.6. The Morgan fingerprint density at radius 3 is 2.16 bits per heavy atom. The van der Waals surface area contributed by atoms with Gasteiger partial charge in [0.15, 0.2) is 5.82 Å². The van der Waals surface area contributed by atoms with Crippen LogP contribution in [-0.4, -0.2) is 34.4 Å². The fourth-order valence-corrected chi connectivity index (χ4v) is 4.25. The molecule has 0 aliphatic carbocycles. The molecule has 1 aliphatic heterocycles. The predicted molar refractivity (Wildman–Crippen MR) is 105 cm³/mol. The Bertz CT molecular complexity index is 718. The van der Waals surface area contributed by atoms with Crippen molar-refractivity contribution in [3.05, 3.63) is 42.0 Å². The average Bonchev–Trinajstić information content (AvgIpc) is 2.52. The molecule has 1 N–H and O–H groups in total. The van der Waals surface area contributed by atoms with Gasteiger partial charge in [-0.2, -0.15) is 0 Å². The molecule has 0 unspecified atom stereocenters. The standard InChI is InChI=1S/C21H30N4/c1-15-9-7-8-10-17(15)18-11-12-19(23-22-18)25(6)16-13-20(2,3)24-21(4,5)14-16/h7-12,16,24H,13-14H2,1-6H3. The van der Waals surface area contributed by atoms with Gasteiger partial charge in [-0.05, 0) is 65.2 Å². The molecule has 4 heteroatoms. The molecule has 0 saturated carbocycles. The van der Waals surface area contributed by atoms with Gasteiger partial charge in [0.25, 0.3) is 0 Å². The lowest BCUT2D eigenvalue weighted by atomic mass is 9.79. The quantitative estimate of drug-likeness (QED) is 0.911. The number of piperidine rings is 1. The maximum atomic E-state index is 4.52. The second-order valence-corrected chi connectivity index (χ2v) is 8.66. The van der Waals surface area contributed by atoms with Crippen molar-refractivity contribution in [2.75, 3.05) is 11.9 Å². The number of benzene rings is 1. The van der Waals surface area contributed by atoms with Crippen molar-refractivity contribution in [3.63, 3.8) is 0 Å². The van der Waals surface area contributed by atoms with Gasteiger partial charge < -0.3 is 10.2 Å². The maximum absolute atomic E-state index is 4.52. The summed E-state index contributed by atoms with van der Waals surface area (Å²) in [6.45, 7) is 11.2. The molecule has 4 nitrogen and oxygen atoms in total. The summed E-state index contributed by atoms with van der Waals surface area (Å²) in [7, 11) is 2.14. The number of hydrogen-bond acceptors (Lipinski definition) is 4.